The number of hydrogen-bond donors (Lipinski definition) is 1. The van der Waals surface area contributed by atoms with Crippen LogP contribution in [0.5, 0.6) is 0 Å². The molecular formula is C8H11BrN4. The predicted molar refractivity (Wildman–Crippen MR) is 54.6 cm³/mol. The van der Waals surface area contributed by atoms with Gasteiger partial charge in [-0.3, -0.25) is 9.78 Å². The highest BCUT2D eigenvalue weighted by Gasteiger charge is 1.83. The van der Waals surface area contributed by atoms with Gasteiger partial charge < -0.3 is 0 Å². The van der Waals surface area contributed by atoms with E-state index in [9.17, 15) is 0 Å². The number of nitrogens with one attached hydrogen (secondary N) is 1. The van der Waals surface area contributed by atoms with Crippen LogP contribution in [0.15, 0.2) is 36.9 Å². The lowest BCUT2D eigenvalue weighted by atomic mass is 10.7. The monoisotopic (exact) mass is 242 g/mol. The normalized spacial score (nSPS) is 9.00. The second-order valence-corrected chi connectivity index (χ2v) is 3.02. The van der Waals surface area contributed by atoms with Crippen molar-refractivity contribution in [2.75, 3.05) is 5.33 Å². The minimum atomic E-state index is 0.951. The summed E-state index contributed by atoms with van der Waals surface area (Å²) in [4.78, 5) is 0. The zero-order valence-electron chi connectivity index (χ0n) is 7.10. The zero-order chi connectivity index (χ0) is 9.36. The summed E-state index contributed by atoms with van der Waals surface area (Å²) in [6.07, 6.45) is 7.18. The maximum Gasteiger partial charge on any atom is 0.0506 e. The average Bonchev–Trinajstić information content (AvgIpc) is 2.79. The third-order valence-electron chi connectivity index (χ3n) is 1.28. The van der Waals surface area contributed by atoms with Crippen LogP contribution in [-0.2, 0) is 6.54 Å². The summed E-state index contributed by atoms with van der Waals surface area (Å²) in [5.41, 5.74) is 0. The van der Waals surface area contributed by atoms with Crippen LogP contribution in [0.4, 0.5) is 0 Å². The van der Waals surface area contributed by atoms with Crippen LogP contribution in [0.1, 0.15) is 0 Å². The molecule has 0 bridgehead atoms. The molecule has 0 aliphatic carbocycles. The fourth-order valence-corrected chi connectivity index (χ4v) is 1.10. The summed E-state index contributed by atoms with van der Waals surface area (Å²) in [5, 5.41) is 11.2. The molecular weight excluding hydrogens is 232 g/mol. The molecule has 0 fully saturated rings. The third kappa shape index (κ3) is 4.47. The molecule has 0 saturated carbocycles. The first-order chi connectivity index (χ1) is 6.43. The molecule has 13 heavy (non-hydrogen) atoms. The lowest BCUT2D eigenvalue weighted by molar-refractivity contribution is 0.669. The lowest BCUT2D eigenvalue weighted by Crippen LogP contribution is -1.97. The van der Waals surface area contributed by atoms with E-state index in [0.717, 1.165) is 11.9 Å². The van der Waals surface area contributed by atoms with Crippen molar-refractivity contribution in [1.29, 1.82) is 0 Å². The van der Waals surface area contributed by atoms with Crippen molar-refractivity contribution < 1.29 is 0 Å². The molecule has 0 atom stereocenters. The minimum absolute atomic E-state index is 0.951. The van der Waals surface area contributed by atoms with E-state index in [1.165, 1.54) is 0 Å². The highest BCUT2D eigenvalue weighted by Crippen LogP contribution is 1.86. The molecule has 1 N–H and O–H groups in total. The number of nitrogens with zero attached hydrogens (tertiary/aromatic N) is 3. The predicted octanol–water partition coefficient (Wildman–Crippen LogP) is 1.69. The molecule has 0 aliphatic heterocycles. The Morgan fingerprint density at radius 1 is 1.31 bits per heavy atom. The van der Waals surface area contributed by atoms with E-state index in [1.807, 2.05) is 23.0 Å². The van der Waals surface area contributed by atoms with Crippen LogP contribution in [0, 0.1) is 0 Å². The van der Waals surface area contributed by atoms with Gasteiger partial charge in [0.25, 0.3) is 0 Å². The van der Waals surface area contributed by atoms with Crippen molar-refractivity contribution >= 4 is 15.9 Å². The quantitative estimate of drug-likeness (QED) is 0.816. The largest absolute Gasteiger partial charge is 0.286 e. The smallest absolute Gasteiger partial charge is 0.0506 e. The lowest BCUT2D eigenvalue weighted by Gasteiger charge is -1.91. The van der Waals surface area contributed by atoms with E-state index in [-0.39, 0.29) is 0 Å². The van der Waals surface area contributed by atoms with E-state index < -0.39 is 0 Å². The Bertz CT molecular complexity index is 260. The Kier molecular flexibility index (Phi) is 4.93. The molecule has 70 valence electrons. The summed E-state index contributed by atoms with van der Waals surface area (Å²) in [6, 6.07) is 3.75. The molecule has 0 amide bonds. The Morgan fingerprint density at radius 2 is 2.23 bits per heavy atom. The first-order valence-electron chi connectivity index (χ1n) is 3.90. The van der Waals surface area contributed by atoms with E-state index in [1.54, 1.807) is 18.6 Å². The van der Waals surface area contributed by atoms with Gasteiger partial charge in [0.2, 0.25) is 0 Å². The number of aryl methyl sites for hydroxylation is 1. The van der Waals surface area contributed by atoms with Gasteiger partial charge in [0.05, 0.1) is 6.54 Å². The zero-order valence-corrected chi connectivity index (χ0v) is 8.68. The van der Waals surface area contributed by atoms with Crippen molar-refractivity contribution in [3.8, 4) is 0 Å². The molecule has 2 heterocycles. The second-order valence-electron chi connectivity index (χ2n) is 2.22. The summed E-state index contributed by atoms with van der Waals surface area (Å²) in [7, 11) is 0. The van der Waals surface area contributed by atoms with Gasteiger partial charge in [-0.1, -0.05) is 15.9 Å². The van der Waals surface area contributed by atoms with Crippen molar-refractivity contribution in [2.45, 2.75) is 6.54 Å². The third-order valence-corrected chi connectivity index (χ3v) is 1.63. The van der Waals surface area contributed by atoms with Crippen LogP contribution in [0.25, 0.3) is 0 Å². The number of alkyl halides is 1. The van der Waals surface area contributed by atoms with Gasteiger partial charge in [0.1, 0.15) is 0 Å². The maximum absolute atomic E-state index is 3.99. The van der Waals surface area contributed by atoms with E-state index in [2.05, 4.69) is 31.2 Å². The first-order valence-corrected chi connectivity index (χ1v) is 5.03. The molecule has 2 aromatic rings. The number of H-pyrrole nitrogens is 1. The van der Waals surface area contributed by atoms with Gasteiger partial charge in [0, 0.05) is 30.1 Å². The number of aromatic amines is 1. The molecule has 0 aliphatic rings. The first kappa shape index (κ1) is 9.98. The van der Waals surface area contributed by atoms with Crippen LogP contribution in [0.2, 0.25) is 0 Å². The topological polar surface area (TPSA) is 46.5 Å². The van der Waals surface area contributed by atoms with Crippen LogP contribution >= 0.6 is 15.9 Å². The Labute approximate surface area is 85.1 Å². The standard InChI is InChI=1S/C5H7BrN2.C3H4N2/c6-2-5-8-4-1-3-7-8;1-2-4-5-3-1/h1,3-4H,2,5H2;1-3H,(H,4,5). The number of aromatic nitrogens is 4. The van der Waals surface area contributed by atoms with E-state index in [0.29, 0.717) is 0 Å². The summed E-state index contributed by atoms with van der Waals surface area (Å²) in [6.45, 7) is 0.951. The van der Waals surface area contributed by atoms with Gasteiger partial charge in [-0.2, -0.15) is 10.2 Å². The summed E-state index contributed by atoms with van der Waals surface area (Å²) >= 11 is 3.31. The summed E-state index contributed by atoms with van der Waals surface area (Å²) < 4.78 is 1.88. The van der Waals surface area contributed by atoms with Crippen molar-refractivity contribution in [1.82, 2.24) is 20.0 Å². The average molecular weight is 243 g/mol. The number of hydrogen-bond acceptors (Lipinski definition) is 2. The molecule has 0 aromatic carbocycles. The maximum atomic E-state index is 3.99. The second kappa shape index (κ2) is 6.42. The molecule has 0 radical (unpaired) electrons. The number of halogens is 1. The van der Waals surface area contributed by atoms with Crippen LogP contribution < -0.4 is 0 Å². The molecule has 0 spiro atoms. The Balaban J connectivity index is 0.000000145. The Hall–Kier alpha value is -1.10. The SMILES string of the molecule is BrCCn1cccn1.c1cn[nH]c1. The van der Waals surface area contributed by atoms with Crippen molar-refractivity contribution in [2.24, 2.45) is 0 Å². The fourth-order valence-electron chi connectivity index (χ4n) is 0.734. The van der Waals surface area contributed by atoms with E-state index >= 15 is 0 Å². The van der Waals surface area contributed by atoms with Crippen LogP contribution in [-0.4, -0.2) is 25.3 Å². The molecule has 0 saturated heterocycles. The van der Waals surface area contributed by atoms with Gasteiger partial charge in [-0.05, 0) is 12.1 Å². The molecule has 4 nitrogen and oxygen atoms in total. The van der Waals surface area contributed by atoms with Crippen molar-refractivity contribution in [3.63, 3.8) is 0 Å². The minimum Gasteiger partial charge on any atom is -0.286 e. The van der Waals surface area contributed by atoms with Gasteiger partial charge in [-0.15, -0.1) is 0 Å². The molecule has 5 heteroatoms. The highest BCUT2D eigenvalue weighted by molar-refractivity contribution is 9.09. The van der Waals surface area contributed by atoms with E-state index in [4.69, 9.17) is 0 Å². The van der Waals surface area contributed by atoms with Gasteiger partial charge in [-0.25, -0.2) is 0 Å². The van der Waals surface area contributed by atoms with Crippen LogP contribution in [0.3, 0.4) is 0 Å². The van der Waals surface area contributed by atoms with Gasteiger partial charge >= 0.3 is 0 Å². The number of rotatable bonds is 2. The van der Waals surface area contributed by atoms with Gasteiger partial charge in [0.15, 0.2) is 0 Å². The van der Waals surface area contributed by atoms with Crippen molar-refractivity contribution in [3.05, 3.63) is 36.9 Å². The molecule has 2 aromatic heterocycles. The summed E-state index contributed by atoms with van der Waals surface area (Å²) in [5.74, 6) is 0. The highest BCUT2D eigenvalue weighted by atomic mass is 79.9. The fraction of sp³-hybridized carbons (Fsp3) is 0.250. The molecule has 0 unspecified atom stereocenters. The Morgan fingerprint density at radius 3 is 2.62 bits per heavy atom. The molecule has 2 rings (SSSR count).